The molecule has 8 nitrogen and oxygen atoms in total. The van der Waals surface area contributed by atoms with Gasteiger partial charge in [-0.1, -0.05) is 18.2 Å². The summed E-state index contributed by atoms with van der Waals surface area (Å²) in [5.41, 5.74) is 1.69. The van der Waals surface area contributed by atoms with E-state index >= 15 is 0 Å². The molecule has 4 rings (SSSR count). The Kier molecular flexibility index (Phi) is 6.66. The fourth-order valence-electron chi connectivity index (χ4n) is 4.24. The molecular weight excluding hydrogens is 396 g/mol. The van der Waals surface area contributed by atoms with Gasteiger partial charge in [0.25, 0.3) is 5.69 Å². The predicted octanol–water partition coefficient (Wildman–Crippen LogP) is 3.46. The lowest BCUT2D eigenvalue weighted by molar-refractivity contribution is -0.384. The maximum atomic E-state index is 12.6. The number of nitro groups is 1. The highest BCUT2D eigenvalue weighted by Crippen LogP contribution is 2.31. The number of carbonyl (C=O) groups excluding carboxylic acids is 1. The SMILES string of the molecule is O=C(NCCN1CCC(COc2ccccc2)CC1)N1CCc2cc([N+](=O)[O-])ccc21. The number of hydrogen-bond acceptors (Lipinski definition) is 5. The van der Waals surface area contributed by atoms with Crippen molar-refractivity contribution in [2.45, 2.75) is 19.3 Å². The first-order chi connectivity index (χ1) is 15.1. The first kappa shape index (κ1) is 21.1. The molecule has 164 valence electrons. The highest BCUT2D eigenvalue weighted by atomic mass is 16.6. The smallest absolute Gasteiger partial charge is 0.321 e. The van der Waals surface area contributed by atoms with Crippen LogP contribution in [-0.2, 0) is 6.42 Å². The molecule has 0 aliphatic carbocycles. The van der Waals surface area contributed by atoms with Gasteiger partial charge in [0.15, 0.2) is 0 Å². The quantitative estimate of drug-likeness (QED) is 0.543. The maximum absolute atomic E-state index is 12.6. The van der Waals surface area contributed by atoms with Crippen molar-refractivity contribution in [3.8, 4) is 5.75 Å². The summed E-state index contributed by atoms with van der Waals surface area (Å²) in [7, 11) is 0. The molecular formula is C23H28N4O4. The van der Waals surface area contributed by atoms with Gasteiger partial charge in [-0.3, -0.25) is 15.0 Å². The summed E-state index contributed by atoms with van der Waals surface area (Å²) in [4.78, 5) is 27.2. The van der Waals surface area contributed by atoms with E-state index in [0.717, 1.165) is 56.1 Å². The third-order valence-corrected chi connectivity index (χ3v) is 6.05. The Morgan fingerprint density at radius 2 is 1.90 bits per heavy atom. The number of amides is 2. The Hall–Kier alpha value is -3.13. The van der Waals surface area contributed by atoms with Gasteiger partial charge in [0.2, 0.25) is 0 Å². The van der Waals surface area contributed by atoms with Crippen LogP contribution < -0.4 is 15.0 Å². The van der Waals surface area contributed by atoms with E-state index in [0.29, 0.717) is 25.4 Å². The number of non-ortho nitro benzene ring substituents is 1. The van der Waals surface area contributed by atoms with Crippen molar-refractivity contribution >= 4 is 17.4 Å². The Labute approximate surface area is 181 Å². The molecule has 2 aliphatic rings. The summed E-state index contributed by atoms with van der Waals surface area (Å²) in [5.74, 6) is 1.49. The van der Waals surface area contributed by atoms with Crippen LogP contribution >= 0.6 is 0 Å². The van der Waals surface area contributed by atoms with Crippen LogP contribution in [0.25, 0.3) is 0 Å². The van der Waals surface area contributed by atoms with Gasteiger partial charge in [0.05, 0.1) is 11.5 Å². The number of rotatable bonds is 7. The van der Waals surface area contributed by atoms with Gasteiger partial charge >= 0.3 is 6.03 Å². The minimum absolute atomic E-state index is 0.0681. The number of urea groups is 1. The average Bonchev–Trinajstić information content (AvgIpc) is 3.22. The van der Waals surface area contributed by atoms with E-state index in [9.17, 15) is 14.9 Å². The van der Waals surface area contributed by atoms with Crippen LogP contribution in [0.1, 0.15) is 18.4 Å². The molecule has 2 heterocycles. The van der Waals surface area contributed by atoms with E-state index in [1.165, 1.54) is 6.07 Å². The standard InChI is InChI=1S/C23H28N4O4/c28-23(26-14-10-19-16-20(27(29)30)6-7-22(19)26)24-11-15-25-12-8-18(9-13-25)17-31-21-4-2-1-3-5-21/h1-7,16,18H,8-15,17H2,(H,24,28). The highest BCUT2D eigenvalue weighted by molar-refractivity contribution is 5.94. The van der Waals surface area contributed by atoms with Crippen LogP contribution in [0.2, 0.25) is 0 Å². The molecule has 0 saturated carbocycles. The zero-order valence-electron chi connectivity index (χ0n) is 17.5. The van der Waals surface area contributed by atoms with Crippen LogP contribution in [0.3, 0.4) is 0 Å². The highest BCUT2D eigenvalue weighted by Gasteiger charge is 2.26. The number of hydrogen-bond donors (Lipinski definition) is 1. The lowest BCUT2D eigenvalue weighted by Crippen LogP contribution is -2.44. The van der Waals surface area contributed by atoms with Crippen LogP contribution in [-0.4, -0.2) is 55.2 Å². The van der Waals surface area contributed by atoms with Crippen molar-refractivity contribution < 1.29 is 14.5 Å². The molecule has 1 saturated heterocycles. The molecule has 2 aromatic rings. The van der Waals surface area contributed by atoms with Gasteiger partial charge in [-0.05, 0) is 62.0 Å². The zero-order chi connectivity index (χ0) is 21.6. The Morgan fingerprint density at radius 3 is 2.65 bits per heavy atom. The minimum Gasteiger partial charge on any atom is -0.493 e. The molecule has 31 heavy (non-hydrogen) atoms. The van der Waals surface area contributed by atoms with Gasteiger partial charge in [0, 0.05) is 37.5 Å². The summed E-state index contributed by atoms with van der Waals surface area (Å²) < 4.78 is 5.88. The number of likely N-dealkylation sites (tertiary alicyclic amines) is 1. The lowest BCUT2D eigenvalue weighted by Gasteiger charge is -2.32. The van der Waals surface area contributed by atoms with Crippen molar-refractivity contribution in [3.63, 3.8) is 0 Å². The van der Waals surface area contributed by atoms with Gasteiger partial charge in [-0.25, -0.2) is 4.79 Å². The molecule has 1 N–H and O–H groups in total. The van der Waals surface area contributed by atoms with Crippen molar-refractivity contribution in [3.05, 3.63) is 64.2 Å². The molecule has 1 fully saturated rings. The van der Waals surface area contributed by atoms with E-state index in [-0.39, 0.29) is 11.7 Å². The van der Waals surface area contributed by atoms with E-state index in [4.69, 9.17) is 4.74 Å². The molecule has 0 unspecified atom stereocenters. The van der Waals surface area contributed by atoms with Crippen LogP contribution in [0, 0.1) is 16.0 Å². The first-order valence-corrected chi connectivity index (χ1v) is 10.8. The molecule has 2 aromatic carbocycles. The molecule has 0 atom stereocenters. The Bertz CT molecular complexity index is 913. The minimum atomic E-state index is -0.403. The third-order valence-electron chi connectivity index (χ3n) is 6.05. The topological polar surface area (TPSA) is 88.0 Å². The molecule has 0 aromatic heterocycles. The fraction of sp³-hybridized carbons (Fsp3) is 0.435. The number of nitrogens with zero attached hydrogens (tertiary/aromatic N) is 3. The second-order valence-electron chi connectivity index (χ2n) is 8.11. The summed E-state index contributed by atoms with van der Waals surface area (Å²) in [6.07, 6.45) is 2.83. The van der Waals surface area contributed by atoms with Crippen molar-refractivity contribution in [2.75, 3.05) is 44.2 Å². The third kappa shape index (κ3) is 5.32. The number of ether oxygens (including phenoxy) is 1. The average molecular weight is 425 g/mol. The second kappa shape index (κ2) is 9.78. The second-order valence-corrected chi connectivity index (χ2v) is 8.11. The molecule has 8 heteroatoms. The predicted molar refractivity (Wildman–Crippen MR) is 119 cm³/mol. The zero-order valence-corrected chi connectivity index (χ0v) is 17.5. The number of benzene rings is 2. The molecule has 0 bridgehead atoms. The Balaban J connectivity index is 1.16. The largest absolute Gasteiger partial charge is 0.493 e. The van der Waals surface area contributed by atoms with Gasteiger partial charge in [-0.15, -0.1) is 0 Å². The van der Waals surface area contributed by atoms with Gasteiger partial charge < -0.3 is 15.0 Å². The number of nitro benzene ring substituents is 1. The van der Waals surface area contributed by atoms with Gasteiger partial charge in [0.1, 0.15) is 5.75 Å². The summed E-state index contributed by atoms with van der Waals surface area (Å²) in [6.45, 7) is 4.72. The van der Waals surface area contributed by atoms with E-state index < -0.39 is 4.92 Å². The summed E-state index contributed by atoms with van der Waals surface area (Å²) in [6, 6.07) is 14.5. The monoisotopic (exact) mass is 424 g/mol. The fourth-order valence-corrected chi connectivity index (χ4v) is 4.24. The molecule has 2 amide bonds. The number of carbonyl (C=O) groups is 1. The summed E-state index contributed by atoms with van der Waals surface area (Å²) in [5, 5.41) is 13.9. The number of fused-ring (bicyclic) bond motifs is 1. The van der Waals surface area contributed by atoms with E-state index in [1.54, 1.807) is 17.0 Å². The molecule has 0 radical (unpaired) electrons. The maximum Gasteiger partial charge on any atom is 0.321 e. The van der Waals surface area contributed by atoms with Crippen molar-refractivity contribution in [2.24, 2.45) is 5.92 Å². The number of nitrogens with one attached hydrogen (secondary N) is 1. The molecule has 2 aliphatic heterocycles. The van der Waals surface area contributed by atoms with E-state index in [2.05, 4.69) is 10.2 Å². The Morgan fingerprint density at radius 1 is 1.13 bits per heavy atom. The number of para-hydroxylation sites is 1. The van der Waals surface area contributed by atoms with E-state index in [1.807, 2.05) is 30.3 Å². The van der Waals surface area contributed by atoms with Gasteiger partial charge in [-0.2, -0.15) is 0 Å². The molecule has 0 spiro atoms. The normalized spacial score (nSPS) is 16.7. The lowest BCUT2D eigenvalue weighted by atomic mass is 9.98. The first-order valence-electron chi connectivity index (χ1n) is 10.8. The van der Waals surface area contributed by atoms with Crippen LogP contribution in [0.5, 0.6) is 5.75 Å². The van der Waals surface area contributed by atoms with Crippen molar-refractivity contribution in [1.29, 1.82) is 0 Å². The van der Waals surface area contributed by atoms with Crippen molar-refractivity contribution in [1.82, 2.24) is 10.2 Å². The number of piperidine rings is 1. The van der Waals surface area contributed by atoms with Crippen LogP contribution in [0.15, 0.2) is 48.5 Å². The number of anilines is 1. The van der Waals surface area contributed by atoms with Crippen LogP contribution in [0.4, 0.5) is 16.2 Å². The summed E-state index contributed by atoms with van der Waals surface area (Å²) >= 11 is 0.